The fraction of sp³-hybridized carbons (Fsp3) is 0.0588. The van der Waals surface area contributed by atoms with Crippen LogP contribution in [0.4, 0.5) is 5.69 Å². The van der Waals surface area contributed by atoms with Crippen LogP contribution in [0.5, 0.6) is 5.75 Å². The first kappa shape index (κ1) is 16.5. The summed E-state index contributed by atoms with van der Waals surface area (Å²) in [6.45, 7) is 0. The van der Waals surface area contributed by atoms with Gasteiger partial charge in [-0.2, -0.15) is 0 Å². The molecule has 3 N–H and O–H groups in total. The van der Waals surface area contributed by atoms with Crippen molar-refractivity contribution in [3.8, 4) is 5.75 Å². The molecule has 5 nitrogen and oxygen atoms in total. The van der Waals surface area contributed by atoms with Crippen molar-refractivity contribution in [3.63, 3.8) is 0 Å². The summed E-state index contributed by atoms with van der Waals surface area (Å²) in [7, 11) is 1.60. The summed E-state index contributed by atoms with van der Waals surface area (Å²) in [5.74, 6) is 0.420. The summed E-state index contributed by atoms with van der Waals surface area (Å²) in [6.07, 6.45) is 3.10. The van der Waals surface area contributed by atoms with Crippen molar-refractivity contribution in [3.05, 3.63) is 66.2 Å². The Morgan fingerprint density at radius 2 is 1.87 bits per heavy atom. The summed E-state index contributed by atoms with van der Waals surface area (Å²) < 4.78 is 5.13. The van der Waals surface area contributed by atoms with E-state index in [1.54, 1.807) is 13.2 Å². The Bertz CT molecular complexity index is 702. The van der Waals surface area contributed by atoms with Crippen LogP contribution in [-0.2, 0) is 4.79 Å². The highest BCUT2D eigenvalue weighted by molar-refractivity contribution is 7.80. The molecule has 0 aliphatic rings. The molecule has 23 heavy (non-hydrogen) atoms. The minimum atomic E-state index is -0.315. The van der Waals surface area contributed by atoms with Gasteiger partial charge in [0.1, 0.15) is 5.75 Å². The Morgan fingerprint density at radius 3 is 2.61 bits per heavy atom. The smallest absolute Gasteiger partial charge is 0.262 e. The second-order valence-corrected chi connectivity index (χ2v) is 4.95. The van der Waals surface area contributed by atoms with Gasteiger partial charge in [0, 0.05) is 11.8 Å². The largest absolute Gasteiger partial charge is 0.497 e. The molecular formula is C17H17N3O2S. The second-order valence-electron chi connectivity index (χ2n) is 4.54. The SMILES string of the molecule is COc1cccc(C=CC(=O)NNC(=S)Nc2ccccc2)c1. The van der Waals surface area contributed by atoms with Gasteiger partial charge >= 0.3 is 0 Å². The molecule has 0 aliphatic carbocycles. The summed E-state index contributed by atoms with van der Waals surface area (Å²) in [6, 6.07) is 16.8. The zero-order valence-electron chi connectivity index (χ0n) is 12.6. The minimum absolute atomic E-state index is 0.305. The van der Waals surface area contributed by atoms with Gasteiger partial charge in [-0.1, -0.05) is 30.3 Å². The fourth-order valence-corrected chi connectivity index (χ4v) is 1.93. The molecule has 1 amide bonds. The van der Waals surface area contributed by atoms with Crippen LogP contribution in [-0.4, -0.2) is 18.1 Å². The molecule has 0 radical (unpaired) electrons. The lowest BCUT2D eigenvalue weighted by atomic mass is 10.2. The van der Waals surface area contributed by atoms with Gasteiger partial charge in [-0.15, -0.1) is 0 Å². The average molecular weight is 327 g/mol. The number of carbonyl (C=O) groups excluding carboxylic acids is 1. The van der Waals surface area contributed by atoms with Gasteiger partial charge in [-0.25, -0.2) is 0 Å². The first-order valence-electron chi connectivity index (χ1n) is 6.91. The number of hydrogen-bond donors (Lipinski definition) is 3. The molecule has 0 atom stereocenters. The summed E-state index contributed by atoms with van der Waals surface area (Å²) in [4.78, 5) is 11.7. The third kappa shape index (κ3) is 5.80. The highest BCUT2D eigenvalue weighted by atomic mass is 32.1. The molecule has 0 saturated heterocycles. The Balaban J connectivity index is 1.80. The lowest BCUT2D eigenvalue weighted by molar-refractivity contribution is -0.116. The van der Waals surface area contributed by atoms with E-state index in [-0.39, 0.29) is 5.91 Å². The van der Waals surface area contributed by atoms with Crippen molar-refractivity contribution < 1.29 is 9.53 Å². The molecule has 0 aromatic heterocycles. The molecule has 0 saturated carbocycles. The van der Waals surface area contributed by atoms with E-state index in [1.807, 2.05) is 54.6 Å². The Labute approximate surface area is 140 Å². The maximum absolute atomic E-state index is 11.7. The van der Waals surface area contributed by atoms with E-state index in [0.717, 1.165) is 17.0 Å². The number of hydrazine groups is 1. The molecule has 0 spiro atoms. The van der Waals surface area contributed by atoms with E-state index in [1.165, 1.54) is 6.08 Å². The number of thiocarbonyl (C=S) groups is 1. The number of amides is 1. The third-order valence-corrected chi connectivity index (χ3v) is 3.06. The van der Waals surface area contributed by atoms with Gasteiger partial charge in [0.25, 0.3) is 5.91 Å². The van der Waals surface area contributed by atoms with E-state index in [9.17, 15) is 4.79 Å². The molecule has 6 heteroatoms. The lowest BCUT2D eigenvalue weighted by Crippen LogP contribution is -2.43. The molecule has 2 aromatic rings. The number of para-hydroxylation sites is 1. The van der Waals surface area contributed by atoms with E-state index in [0.29, 0.717) is 5.11 Å². The Kier molecular flexibility index (Phi) is 6.14. The minimum Gasteiger partial charge on any atom is -0.497 e. The molecule has 118 valence electrons. The number of carbonyl (C=O) groups is 1. The van der Waals surface area contributed by atoms with E-state index >= 15 is 0 Å². The van der Waals surface area contributed by atoms with Crippen molar-refractivity contribution in [2.24, 2.45) is 0 Å². The monoisotopic (exact) mass is 327 g/mol. The number of anilines is 1. The highest BCUT2D eigenvalue weighted by Gasteiger charge is 1.99. The van der Waals surface area contributed by atoms with Gasteiger partial charge in [-0.05, 0) is 48.1 Å². The summed E-state index contributed by atoms with van der Waals surface area (Å²) in [5, 5.41) is 3.26. The number of benzene rings is 2. The van der Waals surface area contributed by atoms with Crippen LogP contribution in [0.2, 0.25) is 0 Å². The van der Waals surface area contributed by atoms with Crippen molar-refractivity contribution in [2.45, 2.75) is 0 Å². The third-order valence-electron chi connectivity index (χ3n) is 2.85. The van der Waals surface area contributed by atoms with E-state index in [2.05, 4.69) is 16.2 Å². The maximum atomic E-state index is 11.7. The van der Waals surface area contributed by atoms with Crippen molar-refractivity contribution >= 4 is 35.0 Å². The molecule has 0 unspecified atom stereocenters. The van der Waals surface area contributed by atoms with Crippen LogP contribution in [0.3, 0.4) is 0 Å². The predicted molar refractivity (Wildman–Crippen MR) is 96.0 cm³/mol. The summed E-state index contributed by atoms with van der Waals surface area (Å²) in [5.41, 5.74) is 6.83. The second kappa shape index (κ2) is 8.55. The maximum Gasteiger partial charge on any atom is 0.262 e. The average Bonchev–Trinajstić information content (AvgIpc) is 2.59. The molecule has 2 rings (SSSR count). The Hall–Kier alpha value is -2.86. The predicted octanol–water partition coefficient (Wildman–Crippen LogP) is 2.73. The lowest BCUT2D eigenvalue weighted by Gasteiger charge is -2.10. The molecule has 2 aromatic carbocycles. The van der Waals surface area contributed by atoms with Gasteiger partial charge in [0.15, 0.2) is 5.11 Å². The van der Waals surface area contributed by atoms with Crippen LogP contribution >= 0.6 is 12.2 Å². The number of nitrogens with one attached hydrogen (secondary N) is 3. The topological polar surface area (TPSA) is 62.4 Å². The van der Waals surface area contributed by atoms with Gasteiger partial charge in [0.05, 0.1) is 7.11 Å². The number of ether oxygens (including phenoxy) is 1. The van der Waals surface area contributed by atoms with E-state index < -0.39 is 0 Å². The van der Waals surface area contributed by atoms with Crippen LogP contribution in [0.15, 0.2) is 60.7 Å². The van der Waals surface area contributed by atoms with Gasteiger partial charge < -0.3 is 10.1 Å². The zero-order chi connectivity index (χ0) is 16.5. The standard InChI is InChI=1S/C17H17N3O2S/c1-22-15-9-5-6-13(12-15)10-11-16(21)19-20-17(23)18-14-7-3-2-4-8-14/h2-12H,1H3,(H,19,21)(H2,18,20,23). The Morgan fingerprint density at radius 1 is 1.09 bits per heavy atom. The summed E-state index contributed by atoms with van der Waals surface area (Å²) >= 11 is 5.09. The van der Waals surface area contributed by atoms with Gasteiger partial charge in [-0.3, -0.25) is 15.6 Å². The molecule has 0 fully saturated rings. The van der Waals surface area contributed by atoms with Crippen LogP contribution in [0.25, 0.3) is 6.08 Å². The van der Waals surface area contributed by atoms with Crippen LogP contribution < -0.4 is 20.9 Å². The van der Waals surface area contributed by atoms with Crippen molar-refractivity contribution in [1.82, 2.24) is 10.9 Å². The molecule has 0 heterocycles. The van der Waals surface area contributed by atoms with Gasteiger partial charge in [0.2, 0.25) is 0 Å². The first-order chi connectivity index (χ1) is 11.2. The molecular weight excluding hydrogens is 310 g/mol. The van der Waals surface area contributed by atoms with Crippen LogP contribution in [0.1, 0.15) is 5.56 Å². The number of rotatable bonds is 4. The zero-order valence-corrected chi connectivity index (χ0v) is 13.4. The quantitative estimate of drug-likeness (QED) is 0.458. The number of hydrogen-bond acceptors (Lipinski definition) is 3. The normalized spacial score (nSPS) is 10.1. The fourth-order valence-electron chi connectivity index (χ4n) is 1.76. The highest BCUT2D eigenvalue weighted by Crippen LogP contribution is 2.13. The first-order valence-corrected chi connectivity index (χ1v) is 7.32. The van der Waals surface area contributed by atoms with Crippen LogP contribution in [0, 0.1) is 0 Å². The van der Waals surface area contributed by atoms with Crippen molar-refractivity contribution in [2.75, 3.05) is 12.4 Å². The molecule has 0 aliphatic heterocycles. The molecule has 0 bridgehead atoms. The number of methoxy groups -OCH3 is 1. The van der Waals surface area contributed by atoms with Crippen molar-refractivity contribution in [1.29, 1.82) is 0 Å². The van der Waals surface area contributed by atoms with E-state index in [4.69, 9.17) is 17.0 Å².